The lowest BCUT2D eigenvalue weighted by Gasteiger charge is -2.18. The number of nitrogens with one attached hydrogen (secondary N) is 1. The number of hydrogen-bond acceptors (Lipinski definition) is 7. The van der Waals surface area contributed by atoms with Gasteiger partial charge in [-0.1, -0.05) is 0 Å². The molecule has 0 heterocycles. The molecule has 10 heteroatoms. The summed E-state index contributed by atoms with van der Waals surface area (Å²) in [4.78, 5) is 46.2. The molecule has 0 rings (SSSR count). The minimum atomic E-state index is -1.32. The maximum atomic E-state index is 12.1. The molecule has 0 saturated carbocycles. The van der Waals surface area contributed by atoms with E-state index in [1.165, 1.54) is 6.92 Å². The first-order valence-electron chi connectivity index (χ1n) is 7.93. The summed E-state index contributed by atoms with van der Waals surface area (Å²) in [5.74, 6) is -5.56. The van der Waals surface area contributed by atoms with Crippen LogP contribution in [0.3, 0.4) is 0 Å². The Hall–Kier alpha value is -2.04. The van der Waals surface area contributed by atoms with Gasteiger partial charge < -0.3 is 32.1 Å². The van der Waals surface area contributed by atoms with Crippen LogP contribution in [0.15, 0.2) is 0 Å². The number of carboxylic acids is 1. The molecule has 0 aliphatic rings. The van der Waals surface area contributed by atoms with Gasteiger partial charge >= 0.3 is 5.97 Å². The van der Waals surface area contributed by atoms with E-state index in [2.05, 4.69) is 5.32 Å². The Morgan fingerprint density at radius 2 is 1.72 bits per heavy atom. The summed E-state index contributed by atoms with van der Waals surface area (Å²) in [6, 6.07) is -0.501. The molecular formula is C15H27N3O7. The zero-order valence-electron chi connectivity index (χ0n) is 14.2. The lowest BCUT2D eigenvalue weighted by molar-refractivity contribution is -0.147. The summed E-state index contributed by atoms with van der Waals surface area (Å²) in [6.45, 7) is 1.16. The number of amides is 2. The van der Waals surface area contributed by atoms with Crippen molar-refractivity contribution >= 4 is 23.6 Å². The van der Waals surface area contributed by atoms with Gasteiger partial charge in [-0.05, 0) is 13.3 Å². The molecule has 0 aliphatic carbocycles. The summed E-state index contributed by atoms with van der Waals surface area (Å²) >= 11 is 0. The predicted molar refractivity (Wildman–Crippen MR) is 87.0 cm³/mol. The van der Waals surface area contributed by atoms with Crippen LogP contribution in [0.4, 0.5) is 0 Å². The Morgan fingerprint density at radius 3 is 2.16 bits per heavy atom. The molecule has 2 amide bonds. The number of hydrogen-bond donors (Lipinski definition) is 6. The zero-order valence-corrected chi connectivity index (χ0v) is 14.2. The van der Waals surface area contributed by atoms with Crippen LogP contribution in [0, 0.1) is 11.8 Å². The molecule has 8 N–H and O–H groups in total. The molecule has 0 spiro atoms. The minimum absolute atomic E-state index is 0.148. The van der Waals surface area contributed by atoms with Gasteiger partial charge in [-0.3, -0.25) is 19.2 Å². The highest BCUT2D eigenvalue weighted by Crippen LogP contribution is 2.16. The van der Waals surface area contributed by atoms with Gasteiger partial charge in [0, 0.05) is 31.8 Å². The van der Waals surface area contributed by atoms with Gasteiger partial charge in [-0.2, -0.15) is 0 Å². The summed E-state index contributed by atoms with van der Waals surface area (Å²) in [7, 11) is 0. The van der Waals surface area contributed by atoms with Crippen molar-refractivity contribution < 1.29 is 34.5 Å². The molecule has 10 nitrogen and oxygen atoms in total. The van der Waals surface area contributed by atoms with E-state index in [1.807, 2.05) is 0 Å². The first-order chi connectivity index (χ1) is 11.6. The SMILES string of the molecule is CC(O)[C@H](CC(=O)C[C@@H](CC(N)=O)C(=O)NCC[C@@H](N)CO)C(=O)O. The first kappa shape index (κ1) is 23.0. The van der Waals surface area contributed by atoms with Gasteiger partial charge in [0.25, 0.3) is 0 Å². The largest absolute Gasteiger partial charge is 0.481 e. The molecule has 0 bridgehead atoms. The Balaban J connectivity index is 4.75. The van der Waals surface area contributed by atoms with E-state index >= 15 is 0 Å². The molecule has 0 aromatic rings. The number of nitrogens with two attached hydrogens (primary N) is 2. The van der Waals surface area contributed by atoms with Crippen molar-refractivity contribution in [2.75, 3.05) is 13.2 Å². The first-order valence-corrected chi connectivity index (χ1v) is 7.93. The van der Waals surface area contributed by atoms with E-state index in [-0.39, 0.29) is 26.0 Å². The Bertz CT molecular complexity index is 482. The highest BCUT2D eigenvalue weighted by molar-refractivity contribution is 5.91. The topological polar surface area (TPSA) is 193 Å². The van der Waals surface area contributed by atoms with Gasteiger partial charge in [0.05, 0.1) is 24.5 Å². The molecule has 0 saturated heterocycles. The number of carbonyl (C=O) groups excluding carboxylic acids is 3. The maximum absolute atomic E-state index is 12.1. The molecule has 0 aliphatic heterocycles. The van der Waals surface area contributed by atoms with Crippen molar-refractivity contribution in [1.29, 1.82) is 0 Å². The van der Waals surface area contributed by atoms with E-state index in [0.717, 1.165) is 0 Å². The number of aliphatic carboxylic acids is 1. The Morgan fingerprint density at radius 1 is 1.12 bits per heavy atom. The van der Waals surface area contributed by atoms with Crippen molar-refractivity contribution in [3.05, 3.63) is 0 Å². The quantitative estimate of drug-likeness (QED) is 0.211. The van der Waals surface area contributed by atoms with Crippen LogP contribution >= 0.6 is 0 Å². The van der Waals surface area contributed by atoms with E-state index in [1.54, 1.807) is 0 Å². The molecule has 0 aromatic carbocycles. The van der Waals surface area contributed by atoms with Gasteiger partial charge in [0.1, 0.15) is 5.78 Å². The van der Waals surface area contributed by atoms with Crippen LogP contribution in [0.5, 0.6) is 0 Å². The van der Waals surface area contributed by atoms with Gasteiger partial charge in [-0.25, -0.2) is 0 Å². The monoisotopic (exact) mass is 361 g/mol. The number of rotatable bonds is 13. The lowest BCUT2D eigenvalue weighted by Crippen LogP contribution is -2.38. The van der Waals surface area contributed by atoms with Crippen LogP contribution in [0.1, 0.15) is 32.6 Å². The third-order valence-corrected chi connectivity index (χ3v) is 3.69. The number of aliphatic hydroxyl groups is 2. The van der Waals surface area contributed by atoms with Crippen molar-refractivity contribution in [2.24, 2.45) is 23.3 Å². The van der Waals surface area contributed by atoms with Crippen LogP contribution in [-0.4, -0.2) is 64.2 Å². The van der Waals surface area contributed by atoms with E-state index < -0.39 is 54.0 Å². The van der Waals surface area contributed by atoms with Crippen LogP contribution in [0.25, 0.3) is 0 Å². The third-order valence-electron chi connectivity index (χ3n) is 3.69. The highest BCUT2D eigenvalue weighted by atomic mass is 16.4. The second kappa shape index (κ2) is 11.5. The van der Waals surface area contributed by atoms with E-state index in [9.17, 15) is 24.3 Å². The fraction of sp³-hybridized carbons (Fsp3) is 0.733. The maximum Gasteiger partial charge on any atom is 0.309 e. The predicted octanol–water partition coefficient (Wildman–Crippen LogP) is -2.27. The number of aliphatic hydroxyl groups excluding tert-OH is 2. The third kappa shape index (κ3) is 9.75. The lowest BCUT2D eigenvalue weighted by atomic mass is 9.90. The van der Waals surface area contributed by atoms with Crippen LogP contribution in [-0.2, 0) is 19.2 Å². The summed E-state index contributed by atoms with van der Waals surface area (Å²) in [5.41, 5.74) is 10.6. The van der Waals surface area contributed by atoms with E-state index in [4.69, 9.17) is 21.7 Å². The highest BCUT2D eigenvalue weighted by Gasteiger charge is 2.29. The van der Waals surface area contributed by atoms with Crippen molar-refractivity contribution in [1.82, 2.24) is 5.32 Å². The fourth-order valence-electron chi connectivity index (χ4n) is 2.18. The number of primary amides is 1. The molecule has 0 aromatic heterocycles. The molecule has 0 fully saturated rings. The standard InChI is InChI=1S/C15H27N3O7/c1-8(20)12(15(24)25)6-11(21)4-9(5-13(17)22)14(23)18-3-2-10(16)7-19/h8-10,12,19-20H,2-7,16H2,1H3,(H2,17,22)(H,18,23)(H,24,25)/t8?,9-,10+,12-/m0/s1. The normalized spacial score (nSPS) is 15.7. The Kier molecular flexibility index (Phi) is 10.6. The van der Waals surface area contributed by atoms with Crippen molar-refractivity contribution in [2.45, 2.75) is 44.8 Å². The average molecular weight is 361 g/mol. The molecule has 25 heavy (non-hydrogen) atoms. The second-order valence-electron chi connectivity index (χ2n) is 6.02. The number of carbonyl (C=O) groups is 4. The van der Waals surface area contributed by atoms with Gasteiger partial charge in [0.2, 0.25) is 11.8 Å². The van der Waals surface area contributed by atoms with Gasteiger partial charge in [0.15, 0.2) is 0 Å². The second-order valence-corrected chi connectivity index (χ2v) is 6.02. The number of carboxylic acid groups (broad SMARTS) is 1. The molecule has 144 valence electrons. The smallest absolute Gasteiger partial charge is 0.309 e. The van der Waals surface area contributed by atoms with Crippen molar-refractivity contribution in [3.63, 3.8) is 0 Å². The molecule has 0 radical (unpaired) electrons. The fourth-order valence-corrected chi connectivity index (χ4v) is 2.18. The molecular weight excluding hydrogens is 334 g/mol. The number of ketones is 1. The Labute approximate surface area is 145 Å². The summed E-state index contributed by atoms with van der Waals surface area (Å²) in [6.07, 6.45) is -2.11. The van der Waals surface area contributed by atoms with Crippen molar-refractivity contribution in [3.8, 4) is 0 Å². The van der Waals surface area contributed by atoms with Gasteiger partial charge in [-0.15, -0.1) is 0 Å². The molecule has 1 unspecified atom stereocenters. The zero-order chi connectivity index (χ0) is 19.6. The van der Waals surface area contributed by atoms with Crippen LogP contribution < -0.4 is 16.8 Å². The summed E-state index contributed by atoms with van der Waals surface area (Å²) < 4.78 is 0. The summed E-state index contributed by atoms with van der Waals surface area (Å²) in [5, 5.41) is 29.7. The van der Waals surface area contributed by atoms with Crippen LogP contribution in [0.2, 0.25) is 0 Å². The minimum Gasteiger partial charge on any atom is -0.481 e. The average Bonchev–Trinajstić information content (AvgIpc) is 2.50. The molecule has 4 atom stereocenters. The van der Waals surface area contributed by atoms with E-state index in [0.29, 0.717) is 6.42 Å². The number of Topliss-reactive ketones (excluding diaryl/α,β-unsaturated/α-hetero) is 1.